The third-order valence-electron chi connectivity index (χ3n) is 1.63. The third kappa shape index (κ3) is 4.31. The summed E-state index contributed by atoms with van der Waals surface area (Å²) in [4.78, 5) is 10.4. The van der Waals surface area contributed by atoms with E-state index in [1.165, 1.54) is 6.21 Å². The Morgan fingerprint density at radius 2 is 2.31 bits per heavy atom. The normalized spacial score (nSPS) is 10.3. The molecule has 2 amide bonds. The lowest BCUT2D eigenvalue weighted by atomic mass is 10.2. The van der Waals surface area contributed by atoms with E-state index < -0.39 is 6.03 Å². The van der Waals surface area contributed by atoms with Gasteiger partial charge < -0.3 is 10.5 Å². The van der Waals surface area contributed by atoms with Gasteiger partial charge in [-0.1, -0.05) is 28.1 Å². The van der Waals surface area contributed by atoms with E-state index in [0.717, 1.165) is 10.9 Å². The molecule has 6 heteroatoms. The minimum absolute atomic E-state index is 0.564. The molecule has 0 unspecified atom stereocenters. The van der Waals surface area contributed by atoms with Crippen LogP contribution in [0.5, 0.6) is 5.75 Å². The molecule has 0 aliphatic rings. The summed E-state index contributed by atoms with van der Waals surface area (Å²) in [5.41, 5.74) is 7.77. The molecule has 0 saturated heterocycles. The average Bonchev–Trinajstić information content (AvgIpc) is 2.27. The lowest BCUT2D eigenvalue weighted by molar-refractivity contribution is 0.249. The number of primary amides is 1. The summed E-state index contributed by atoms with van der Waals surface area (Å²) in [5.74, 6) is 0.706. The van der Waals surface area contributed by atoms with Crippen LogP contribution in [0.25, 0.3) is 0 Å². The van der Waals surface area contributed by atoms with Crippen molar-refractivity contribution in [2.45, 2.75) is 0 Å². The number of amides is 2. The maximum atomic E-state index is 10.4. The molecule has 0 saturated carbocycles. The number of hydrogen-bond acceptors (Lipinski definition) is 3. The maximum absolute atomic E-state index is 10.4. The molecule has 5 nitrogen and oxygen atoms in total. The van der Waals surface area contributed by atoms with E-state index in [1.54, 1.807) is 0 Å². The number of para-hydroxylation sites is 1. The van der Waals surface area contributed by atoms with E-state index >= 15 is 0 Å². The lowest BCUT2D eigenvalue weighted by Gasteiger charge is -2.06. The van der Waals surface area contributed by atoms with Crippen LogP contribution in [0.2, 0.25) is 0 Å². The number of nitrogens with zero attached hydrogens (tertiary/aromatic N) is 1. The second-order valence-electron chi connectivity index (χ2n) is 2.81. The third-order valence-corrected chi connectivity index (χ3v) is 1.96. The van der Waals surface area contributed by atoms with Gasteiger partial charge in [0, 0.05) is 10.9 Å². The van der Waals surface area contributed by atoms with Gasteiger partial charge in [0.1, 0.15) is 5.75 Å². The quantitative estimate of drug-likeness (QED) is 0.488. The van der Waals surface area contributed by atoms with Gasteiger partial charge in [-0.2, -0.15) is 5.10 Å². The zero-order valence-corrected chi connectivity index (χ0v) is 10.1. The topological polar surface area (TPSA) is 76.7 Å². The van der Waals surface area contributed by atoms with Crippen LogP contribution < -0.4 is 15.9 Å². The molecule has 0 atom stereocenters. The van der Waals surface area contributed by atoms with Crippen LogP contribution in [0.1, 0.15) is 5.56 Å². The Morgan fingerprint density at radius 3 is 3.00 bits per heavy atom. The standard InChI is InChI=1S/C10H12BrN3O2/c11-5-6-16-9-4-2-1-3-8(9)7-13-14-10(12)15/h1-4,7H,5-6H2,(H3,12,14,15)/b13-7-. The number of alkyl halides is 1. The van der Waals surface area contributed by atoms with Gasteiger partial charge in [-0.25, -0.2) is 10.2 Å². The molecule has 3 N–H and O–H groups in total. The summed E-state index contributed by atoms with van der Waals surface area (Å²) in [6.07, 6.45) is 1.48. The van der Waals surface area contributed by atoms with E-state index in [9.17, 15) is 4.79 Å². The summed E-state index contributed by atoms with van der Waals surface area (Å²) in [6, 6.07) is 6.68. The Kier molecular flexibility index (Phi) is 5.35. The molecule has 1 rings (SSSR count). The molecule has 0 aromatic heterocycles. The molecule has 1 aromatic rings. The molecular formula is C10H12BrN3O2. The first-order valence-electron chi connectivity index (χ1n) is 4.60. The second kappa shape index (κ2) is 6.84. The van der Waals surface area contributed by atoms with Gasteiger partial charge in [0.2, 0.25) is 0 Å². The van der Waals surface area contributed by atoms with Crippen LogP contribution in [0.4, 0.5) is 4.79 Å². The Bertz CT molecular complexity index is 382. The van der Waals surface area contributed by atoms with Gasteiger partial charge in [-0.15, -0.1) is 0 Å². The van der Waals surface area contributed by atoms with E-state index in [1.807, 2.05) is 24.3 Å². The van der Waals surface area contributed by atoms with Crippen molar-refractivity contribution in [2.24, 2.45) is 10.8 Å². The first-order chi connectivity index (χ1) is 7.74. The highest BCUT2D eigenvalue weighted by molar-refractivity contribution is 9.09. The van der Waals surface area contributed by atoms with Crippen LogP contribution >= 0.6 is 15.9 Å². The predicted octanol–water partition coefficient (Wildman–Crippen LogP) is 1.46. The molecule has 0 fully saturated rings. The number of nitrogens with one attached hydrogen (secondary N) is 1. The van der Waals surface area contributed by atoms with Gasteiger partial charge in [-0.05, 0) is 12.1 Å². The summed E-state index contributed by atoms with van der Waals surface area (Å²) < 4.78 is 5.46. The fourth-order valence-corrected chi connectivity index (χ4v) is 1.19. The van der Waals surface area contributed by atoms with Gasteiger partial charge in [0.15, 0.2) is 0 Å². The van der Waals surface area contributed by atoms with Crippen molar-refractivity contribution in [3.8, 4) is 5.75 Å². The van der Waals surface area contributed by atoms with E-state index in [0.29, 0.717) is 12.4 Å². The largest absolute Gasteiger partial charge is 0.492 e. The average molecular weight is 286 g/mol. The molecule has 0 bridgehead atoms. The maximum Gasteiger partial charge on any atom is 0.332 e. The Balaban J connectivity index is 2.70. The number of halogens is 1. The number of nitrogens with two attached hydrogens (primary N) is 1. The first kappa shape index (κ1) is 12.5. The number of rotatable bonds is 5. The zero-order valence-electron chi connectivity index (χ0n) is 8.52. The summed E-state index contributed by atoms with van der Waals surface area (Å²) in [7, 11) is 0. The van der Waals surface area contributed by atoms with Gasteiger partial charge >= 0.3 is 6.03 Å². The van der Waals surface area contributed by atoms with E-state index in [-0.39, 0.29) is 0 Å². The molecule has 86 valence electrons. The summed E-state index contributed by atoms with van der Waals surface area (Å²) in [6.45, 7) is 0.564. The number of urea groups is 1. The monoisotopic (exact) mass is 285 g/mol. The Hall–Kier alpha value is -1.56. The van der Waals surface area contributed by atoms with E-state index in [4.69, 9.17) is 10.5 Å². The van der Waals surface area contributed by atoms with Crippen molar-refractivity contribution in [1.29, 1.82) is 0 Å². The van der Waals surface area contributed by atoms with Crippen molar-refractivity contribution >= 4 is 28.2 Å². The van der Waals surface area contributed by atoms with Crippen molar-refractivity contribution in [3.63, 3.8) is 0 Å². The van der Waals surface area contributed by atoms with Crippen molar-refractivity contribution in [1.82, 2.24) is 5.43 Å². The minimum Gasteiger partial charge on any atom is -0.492 e. The van der Waals surface area contributed by atoms with Crippen molar-refractivity contribution in [3.05, 3.63) is 29.8 Å². The van der Waals surface area contributed by atoms with Crippen LogP contribution in [-0.4, -0.2) is 24.2 Å². The number of hydrazone groups is 1. The molecule has 0 radical (unpaired) electrons. The Labute approximate surface area is 102 Å². The highest BCUT2D eigenvalue weighted by atomic mass is 79.9. The van der Waals surface area contributed by atoms with Crippen LogP contribution in [0.15, 0.2) is 29.4 Å². The molecule has 16 heavy (non-hydrogen) atoms. The van der Waals surface area contributed by atoms with Gasteiger partial charge in [-0.3, -0.25) is 0 Å². The molecule has 0 heterocycles. The number of carbonyl (C=O) groups excluding carboxylic acids is 1. The highest BCUT2D eigenvalue weighted by Crippen LogP contribution is 2.15. The van der Waals surface area contributed by atoms with Crippen LogP contribution in [-0.2, 0) is 0 Å². The van der Waals surface area contributed by atoms with E-state index in [2.05, 4.69) is 26.5 Å². The number of benzene rings is 1. The second-order valence-corrected chi connectivity index (χ2v) is 3.60. The smallest absolute Gasteiger partial charge is 0.332 e. The summed E-state index contributed by atoms with van der Waals surface area (Å²) >= 11 is 3.27. The Morgan fingerprint density at radius 1 is 1.56 bits per heavy atom. The lowest BCUT2D eigenvalue weighted by Crippen LogP contribution is -2.24. The predicted molar refractivity (Wildman–Crippen MR) is 66.0 cm³/mol. The molecule has 1 aromatic carbocycles. The van der Waals surface area contributed by atoms with Crippen molar-refractivity contribution in [2.75, 3.05) is 11.9 Å². The fourth-order valence-electron chi connectivity index (χ4n) is 1.03. The first-order valence-corrected chi connectivity index (χ1v) is 5.72. The minimum atomic E-state index is -0.699. The zero-order chi connectivity index (χ0) is 11.8. The molecular weight excluding hydrogens is 274 g/mol. The number of ether oxygens (including phenoxy) is 1. The fraction of sp³-hybridized carbons (Fsp3) is 0.200. The number of hydrogen-bond donors (Lipinski definition) is 2. The summed E-state index contributed by atoms with van der Waals surface area (Å²) in [5, 5.41) is 4.42. The van der Waals surface area contributed by atoms with Crippen LogP contribution in [0, 0.1) is 0 Å². The van der Waals surface area contributed by atoms with Crippen LogP contribution in [0.3, 0.4) is 0 Å². The molecule has 0 aliphatic heterocycles. The SMILES string of the molecule is NC(=O)N/N=C\c1ccccc1OCCBr. The van der Waals surface area contributed by atoms with Crippen molar-refractivity contribution < 1.29 is 9.53 Å². The van der Waals surface area contributed by atoms with Gasteiger partial charge in [0.25, 0.3) is 0 Å². The number of carbonyl (C=O) groups is 1. The highest BCUT2D eigenvalue weighted by Gasteiger charge is 1.99. The van der Waals surface area contributed by atoms with Gasteiger partial charge in [0.05, 0.1) is 12.8 Å². The molecule has 0 spiro atoms. The molecule has 0 aliphatic carbocycles.